The van der Waals surface area contributed by atoms with Gasteiger partial charge < -0.3 is 15.1 Å². The minimum absolute atomic E-state index is 0.0302. The first-order valence-electron chi connectivity index (χ1n) is 8.12. The highest BCUT2D eigenvalue weighted by Crippen LogP contribution is 2.18. The normalized spacial score (nSPS) is 15.5. The van der Waals surface area contributed by atoms with Crippen LogP contribution in [0.4, 0.5) is 4.79 Å². The number of likely N-dealkylation sites (tertiary alicyclic amines) is 1. The van der Waals surface area contributed by atoms with Crippen LogP contribution < -0.4 is 5.32 Å². The molecule has 1 aromatic rings. The van der Waals surface area contributed by atoms with Crippen LogP contribution in [0.5, 0.6) is 0 Å². The van der Waals surface area contributed by atoms with E-state index >= 15 is 0 Å². The second-order valence-corrected chi connectivity index (χ2v) is 7.16. The molecule has 1 N–H and O–H groups in total. The summed E-state index contributed by atoms with van der Waals surface area (Å²) < 4.78 is 0. The summed E-state index contributed by atoms with van der Waals surface area (Å²) in [6.45, 7) is 4.00. The number of nitrogens with zero attached hydrogens (tertiary/aromatic N) is 3. The summed E-state index contributed by atoms with van der Waals surface area (Å²) in [5.74, 6) is 0.153. The molecule has 2 rings (SSSR count). The van der Waals surface area contributed by atoms with Crippen LogP contribution in [-0.2, 0) is 11.2 Å². The van der Waals surface area contributed by atoms with Gasteiger partial charge in [0, 0.05) is 57.1 Å². The van der Waals surface area contributed by atoms with E-state index in [9.17, 15) is 9.59 Å². The largest absolute Gasteiger partial charge is 0.356 e. The third kappa shape index (κ3) is 5.20. The average Bonchev–Trinajstić information content (AvgIpc) is 2.96. The first-order valence-corrected chi connectivity index (χ1v) is 9.00. The second kappa shape index (κ2) is 8.29. The van der Waals surface area contributed by atoms with Crippen molar-refractivity contribution in [3.8, 4) is 0 Å². The number of urea groups is 1. The van der Waals surface area contributed by atoms with Crippen LogP contribution in [0.2, 0.25) is 0 Å². The van der Waals surface area contributed by atoms with Gasteiger partial charge >= 0.3 is 6.03 Å². The lowest BCUT2D eigenvalue weighted by Crippen LogP contribution is -2.46. The first-order chi connectivity index (χ1) is 11.0. The molecule has 0 aliphatic carbocycles. The van der Waals surface area contributed by atoms with Crippen molar-refractivity contribution in [1.29, 1.82) is 0 Å². The number of amides is 3. The van der Waals surface area contributed by atoms with Crippen LogP contribution in [0.1, 0.15) is 30.0 Å². The van der Waals surface area contributed by atoms with Gasteiger partial charge in [-0.2, -0.15) is 0 Å². The molecule has 0 atom stereocenters. The molecule has 23 heavy (non-hydrogen) atoms. The van der Waals surface area contributed by atoms with Crippen LogP contribution in [0.3, 0.4) is 0 Å². The van der Waals surface area contributed by atoms with E-state index in [1.165, 1.54) is 0 Å². The molecule has 1 saturated heterocycles. The van der Waals surface area contributed by atoms with E-state index in [4.69, 9.17) is 0 Å². The molecular weight excluding hydrogens is 312 g/mol. The minimum atomic E-state index is 0.0302. The van der Waals surface area contributed by atoms with Gasteiger partial charge in [-0.05, 0) is 26.2 Å². The smallest absolute Gasteiger partial charge is 0.319 e. The van der Waals surface area contributed by atoms with Crippen LogP contribution in [0, 0.1) is 12.8 Å². The zero-order chi connectivity index (χ0) is 16.8. The lowest BCUT2D eigenvalue weighted by atomic mass is 9.96. The fourth-order valence-corrected chi connectivity index (χ4v) is 3.55. The molecule has 1 fully saturated rings. The summed E-state index contributed by atoms with van der Waals surface area (Å²) in [6.07, 6.45) is 3.32. The average molecular weight is 338 g/mol. The molecule has 0 saturated carbocycles. The van der Waals surface area contributed by atoms with E-state index in [0.717, 1.165) is 36.4 Å². The van der Waals surface area contributed by atoms with Crippen molar-refractivity contribution in [1.82, 2.24) is 20.1 Å². The van der Waals surface area contributed by atoms with Gasteiger partial charge in [-0.15, -0.1) is 11.3 Å². The Bertz CT molecular complexity index is 536. The number of nitrogens with one attached hydrogen (secondary N) is 1. The Balaban J connectivity index is 1.64. The molecule has 0 unspecified atom stereocenters. The predicted octanol–water partition coefficient (Wildman–Crippen LogP) is 1.89. The number of aromatic nitrogens is 1. The molecule has 0 radical (unpaired) electrons. The molecule has 0 spiro atoms. The fraction of sp³-hybridized carbons (Fsp3) is 0.688. The number of hydrogen-bond donors (Lipinski definition) is 1. The van der Waals surface area contributed by atoms with Gasteiger partial charge in [0.05, 0.1) is 5.01 Å². The molecule has 1 aliphatic rings. The maximum atomic E-state index is 12.2. The lowest BCUT2D eigenvalue weighted by molar-refractivity contribution is -0.126. The number of rotatable bonds is 5. The van der Waals surface area contributed by atoms with Crippen molar-refractivity contribution >= 4 is 23.3 Å². The van der Waals surface area contributed by atoms with Gasteiger partial charge in [0.25, 0.3) is 0 Å². The quantitative estimate of drug-likeness (QED) is 0.834. The van der Waals surface area contributed by atoms with Gasteiger partial charge in [-0.1, -0.05) is 0 Å². The maximum absolute atomic E-state index is 12.2. The van der Waals surface area contributed by atoms with Gasteiger partial charge in [-0.3, -0.25) is 4.79 Å². The monoisotopic (exact) mass is 338 g/mol. The van der Waals surface area contributed by atoms with Crippen molar-refractivity contribution in [2.24, 2.45) is 5.92 Å². The number of piperidine rings is 1. The summed E-state index contributed by atoms with van der Waals surface area (Å²) in [5.41, 5.74) is 1.06. The molecule has 6 nitrogen and oxygen atoms in total. The van der Waals surface area contributed by atoms with Crippen LogP contribution >= 0.6 is 11.3 Å². The molecule has 1 aliphatic heterocycles. The summed E-state index contributed by atoms with van der Waals surface area (Å²) >= 11 is 1.68. The molecule has 2 heterocycles. The Morgan fingerprint density at radius 2 is 2.09 bits per heavy atom. The summed E-state index contributed by atoms with van der Waals surface area (Å²) in [7, 11) is 3.51. The molecule has 1 aromatic heterocycles. The van der Waals surface area contributed by atoms with Gasteiger partial charge in [0.15, 0.2) is 0 Å². The second-order valence-electron chi connectivity index (χ2n) is 6.22. The molecule has 0 bridgehead atoms. The predicted molar refractivity (Wildman–Crippen MR) is 91.6 cm³/mol. The molecule has 3 amide bonds. The Labute approximate surface area is 141 Å². The third-order valence-electron chi connectivity index (χ3n) is 4.05. The van der Waals surface area contributed by atoms with Gasteiger partial charge in [0.1, 0.15) is 0 Å². The summed E-state index contributed by atoms with van der Waals surface area (Å²) in [5, 5.41) is 6.20. The SMILES string of the molecule is Cc1csc(CCCNC(=O)C2CCN(C(=O)N(C)C)CC2)n1. The van der Waals surface area contributed by atoms with Crippen LogP contribution in [0.15, 0.2) is 5.38 Å². The number of aryl methyl sites for hydroxylation is 2. The Kier molecular flexibility index (Phi) is 6.38. The zero-order valence-electron chi connectivity index (χ0n) is 14.2. The molecule has 0 aromatic carbocycles. The fourth-order valence-electron chi connectivity index (χ4n) is 2.73. The van der Waals surface area contributed by atoms with Crippen LogP contribution in [0.25, 0.3) is 0 Å². The zero-order valence-corrected chi connectivity index (χ0v) is 15.0. The van der Waals surface area contributed by atoms with E-state index in [1.807, 2.05) is 11.8 Å². The summed E-state index contributed by atoms with van der Waals surface area (Å²) in [4.78, 5) is 31.9. The van der Waals surface area contributed by atoms with Gasteiger partial charge in [-0.25, -0.2) is 9.78 Å². The van der Waals surface area contributed by atoms with E-state index < -0.39 is 0 Å². The standard InChI is InChI=1S/C16H26N4O2S/c1-12-11-23-14(18-12)5-4-8-17-15(21)13-6-9-20(10-7-13)16(22)19(2)3/h11,13H,4-10H2,1-3H3,(H,17,21). The Morgan fingerprint density at radius 1 is 1.39 bits per heavy atom. The number of carbonyl (C=O) groups is 2. The first kappa shape index (κ1) is 17.7. The van der Waals surface area contributed by atoms with Crippen molar-refractivity contribution in [2.45, 2.75) is 32.6 Å². The highest BCUT2D eigenvalue weighted by molar-refractivity contribution is 7.09. The van der Waals surface area contributed by atoms with E-state index in [2.05, 4.69) is 15.7 Å². The minimum Gasteiger partial charge on any atom is -0.356 e. The number of carbonyl (C=O) groups excluding carboxylic acids is 2. The van der Waals surface area contributed by atoms with Gasteiger partial charge in [0.2, 0.25) is 5.91 Å². The number of hydrogen-bond acceptors (Lipinski definition) is 4. The Hall–Kier alpha value is -1.63. The van der Waals surface area contributed by atoms with Crippen LogP contribution in [-0.4, -0.2) is 60.5 Å². The van der Waals surface area contributed by atoms with Crippen molar-refractivity contribution in [3.05, 3.63) is 16.1 Å². The van der Waals surface area contributed by atoms with Crippen molar-refractivity contribution < 1.29 is 9.59 Å². The topological polar surface area (TPSA) is 65.5 Å². The third-order valence-corrected chi connectivity index (χ3v) is 5.08. The lowest BCUT2D eigenvalue weighted by Gasteiger charge is -2.33. The maximum Gasteiger partial charge on any atom is 0.319 e. The highest BCUT2D eigenvalue weighted by atomic mass is 32.1. The van der Waals surface area contributed by atoms with Crippen molar-refractivity contribution in [3.63, 3.8) is 0 Å². The highest BCUT2D eigenvalue weighted by Gasteiger charge is 2.27. The van der Waals surface area contributed by atoms with E-state index in [-0.39, 0.29) is 17.9 Å². The molecular formula is C16H26N4O2S. The van der Waals surface area contributed by atoms with E-state index in [1.54, 1.807) is 30.3 Å². The molecule has 7 heteroatoms. The number of thiazole rings is 1. The molecule has 128 valence electrons. The Morgan fingerprint density at radius 3 is 2.65 bits per heavy atom. The van der Waals surface area contributed by atoms with E-state index in [0.29, 0.717) is 19.6 Å². The van der Waals surface area contributed by atoms with Crippen molar-refractivity contribution in [2.75, 3.05) is 33.7 Å². The summed E-state index contributed by atoms with van der Waals surface area (Å²) in [6, 6.07) is 0.0302.